The van der Waals surface area contributed by atoms with Crippen LogP contribution in [-0.4, -0.2) is 38.1 Å². The predicted molar refractivity (Wildman–Crippen MR) is 116 cm³/mol. The Balaban J connectivity index is 2.13. The summed E-state index contributed by atoms with van der Waals surface area (Å²) in [6, 6.07) is 1.98. The normalized spacial score (nSPS) is 18.7. The van der Waals surface area contributed by atoms with E-state index in [4.69, 9.17) is 21.9 Å². The quantitative estimate of drug-likeness (QED) is 0.338. The lowest BCUT2D eigenvalue weighted by Crippen LogP contribution is -2.38. The van der Waals surface area contributed by atoms with Crippen LogP contribution in [0.5, 0.6) is 0 Å². The summed E-state index contributed by atoms with van der Waals surface area (Å²) in [5.74, 6) is 0.634. The number of aliphatic imine (C=N–C) groups is 1. The maximum atomic E-state index is 6.15. The maximum Gasteiger partial charge on any atom is 0.117 e. The highest BCUT2D eigenvalue weighted by molar-refractivity contribution is 6.09. The largest absolute Gasteiger partial charge is 0.404 e. The number of anilines is 1. The number of nitrogens with one attached hydrogen (secondary N) is 2. The fourth-order valence-electron chi connectivity index (χ4n) is 2.82. The van der Waals surface area contributed by atoms with Crippen molar-refractivity contribution in [3.05, 3.63) is 59.5 Å². The van der Waals surface area contributed by atoms with Gasteiger partial charge < -0.3 is 32.6 Å². The Morgan fingerprint density at radius 3 is 2.86 bits per heavy atom. The van der Waals surface area contributed by atoms with Crippen molar-refractivity contribution in [2.45, 2.75) is 13.1 Å². The molecule has 2 unspecified atom stereocenters. The highest BCUT2D eigenvalue weighted by Crippen LogP contribution is 2.24. The molecule has 0 amide bonds. The Hall–Kier alpha value is -3.26. The number of ether oxygens (including phenoxy) is 1. The van der Waals surface area contributed by atoms with E-state index in [0.717, 1.165) is 28.1 Å². The molecule has 2 rings (SSSR count). The van der Waals surface area contributed by atoms with Crippen LogP contribution < -0.4 is 27.8 Å². The molecule has 1 aliphatic rings. The van der Waals surface area contributed by atoms with Gasteiger partial charge in [0.05, 0.1) is 23.8 Å². The van der Waals surface area contributed by atoms with Gasteiger partial charge in [0.1, 0.15) is 6.17 Å². The van der Waals surface area contributed by atoms with Crippen molar-refractivity contribution in [3.8, 4) is 0 Å². The third kappa shape index (κ3) is 5.37. The van der Waals surface area contributed by atoms with Crippen LogP contribution in [0, 0.1) is 5.92 Å². The molecule has 0 spiro atoms. The van der Waals surface area contributed by atoms with Crippen molar-refractivity contribution in [1.29, 1.82) is 0 Å². The highest BCUT2D eigenvalue weighted by atomic mass is 16.5. The molecule has 0 fully saturated rings. The zero-order valence-electron chi connectivity index (χ0n) is 16.5. The summed E-state index contributed by atoms with van der Waals surface area (Å²) in [7, 11) is 3.35. The van der Waals surface area contributed by atoms with Gasteiger partial charge in [0, 0.05) is 49.8 Å². The van der Waals surface area contributed by atoms with Gasteiger partial charge >= 0.3 is 0 Å². The van der Waals surface area contributed by atoms with E-state index in [-0.39, 0.29) is 12.1 Å². The summed E-state index contributed by atoms with van der Waals surface area (Å²) in [6.07, 6.45) is 12.0. The van der Waals surface area contributed by atoms with Crippen LogP contribution in [0.1, 0.15) is 18.2 Å². The molecule has 0 aliphatic carbocycles. The van der Waals surface area contributed by atoms with Gasteiger partial charge in [-0.05, 0) is 36.1 Å². The lowest BCUT2D eigenvalue weighted by Gasteiger charge is -2.24. The average molecular weight is 384 g/mol. The van der Waals surface area contributed by atoms with Crippen molar-refractivity contribution in [3.63, 3.8) is 0 Å². The molecule has 2 heterocycles. The summed E-state index contributed by atoms with van der Waals surface area (Å²) >= 11 is 0. The minimum atomic E-state index is -0.192. The molecule has 0 saturated carbocycles. The second kappa shape index (κ2) is 10.2. The molecule has 28 heavy (non-hydrogen) atoms. The lowest BCUT2D eigenvalue weighted by atomic mass is 10.0. The van der Waals surface area contributed by atoms with E-state index in [2.05, 4.69) is 20.6 Å². The fourth-order valence-corrected chi connectivity index (χ4v) is 2.82. The molecular weight excluding hydrogens is 354 g/mol. The topological polar surface area (TPSA) is 137 Å². The zero-order chi connectivity index (χ0) is 20.5. The number of methoxy groups -OCH3 is 1. The van der Waals surface area contributed by atoms with Crippen LogP contribution in [0.2, 0.25) is 0 Å². The Morgan fingerprint density at radius 1 is 1.43 bits per heavy atom. The van der Waals surface area contributed by atoms with E-state index in [0.29, 0.717) is 12.4 Å². The van der Waals surface area contributed by atoms with E-state index < -0.39 is 0 Å². The van der Waals surface area contributed by atoms with Gasteiger partial charge in [0.25, 0.3) is 0 Å². The molecule has 0 bridgehead atoms. The van der Waals surface area contributed by atoms with E-state index in [1.807, 2.05) is 31.2 Å². The Labute approximate surface area is 165 Å². The Bertz CT molecular complexity index is 824. The number of aromatic nitrogens is 1. The maximum absolute atomic E-state index is 6.15. The SMILES string of the molecule is CN=CC(=CN)c1cnc2c(c1)NC(N/C(N)=C/C(=C\N)C(C)COC)C=C2. The summed E-state index contributed by atoms with van der Waals surface area (Å²) in [6.45, 7) is 2.59. The monoisotopic (exact) mass is 383 g/mol. The number of allylic oxidation sites excluding steroid dienone is 2. The summed E-state index contributed by atoms with van der Waals surface area (Å²) in [4.78, 5) is 8.49. The van der Waals surface area contributed by atoms with Gasteiger partial charge in [0.2, 0.25) is 0 Å². The van der Waals surface area contributed by atoms with Crippen molar-refractivity contribution in [2.24, 2.45) is 28.1 Å². The van der Waals surface area contributed by atoms with E-state index >= 15 is 0 Å². The number of pyridine rings is 1. The molecule has 2 atom stereocenters. The van der Waals surface area contributed by atoms with Crippen LogP contribution >= 0.6 is 0 Å². The fraction of sp³-hybridized carbons (Fsp3) is 0.300. The number of fused-ring (bicyclic) bond motifs is 1. The van der Waals surface area contributed by atoms with Crippen molar-refractivity contribution >= 4 is 23.6 Å². The van der Waals surface area contributed by atoms with Crippen LogP contribution in [0.15, 0.2) is 53.2 Å². The molecule has 1 aliphatic heterocycles. The number of hydrogen-bond acceptors (Lipinski definition) is 8. The van der Waals surface area contributed by atoms with Crippen LogP contribution in [0.4, 0.5) is 5.69 Å². The number of nitrogens with two attached hydrogens (primary N) is 3. The zero-order valence-corrected chi connectivity index (χ0v) is 16.5. The third-order valence-electron chi connectivity index (χ3n) is 4.28. The van der Waals surface area contributed by atoms with Gasteiger partial charge in [-0.15, -0.1) is 0 Å². The van der Waals surface area contributed by atoms with Gasteiger partial charge in [0.15, 0.2) is 0 Å². The molecule has 8 heteroatoms. The molecule has 0 saturated heterocycles. The lowest BCUT2D eigenvalue weighted by molar-refractivity contribution is 0.173. The molecule has 0 aromatic carbocycles. The standard InChI is InChI=1S/C20H29N7O/c1-13(12-28-3)14(8-21)7-19(23)27-20-5-4-17-18(26-20)6-15(11-25-17)16(9-22)10-24-2/h4-11,13,20,26-27H,12,21-23H2,1-3H3/b14-8+,16-9?,19-7+,24-10?. The highest BCUT2D eigenvalue weighted by Gasteiger charge is 2.15. The first kappa shape index (κ1) is 21.0. The summed E-state index contributed by atoms with van der Waals surface area (Å²) in [5.41, 5.74) is 21.8. The first-order valence-electron chi connectivity index (χ1n) is 8.96. The van der Waals surface area contributed by atoms with Crippen molar-refractivity contribution in [1.82, 2.24) is 10.3 Å². The second-order valence-corrected chi connectivity index (χ2v) is 6.41. The van der Waals surface area contributed by atoms with E-state index in [1.54, 1.807) is 32.8 Å². The van der Waals surface area contributed by atoms with Gasteiger partial charge in [-0.3, -0.25) is 9.98 Å². The number of nitrogens with zero attached hydrogens (tertiary/aromatic N) is 2. The third-order valence-corrected chi connectivity index (χ3v) is 4.28. The molecule has 8 N–H and O–H groups in total. The van der Waals surface area contributed by atoms with E-state index in [1.165, 1.54) is 6.20 Å². The first-order chi connectivity index (χ1) is 13.5. The number of hydrogen-bond donors (Lipinski definition) is 5. The van der Waals surface area contributed by atoms with Crippen LogP contribution in [0.3, 0.4) is 0 Å². The molecule has 1 aromatic rings. The summed E-state index contributed by atoms with van der Waals surface area (Å²) in [5, 5.41) is 6.59. The van der Waals surface area contributed by atoms with Gasteiger partial charge in [-0.2, -0.15) is 0 Å². The van der Waals surface area contributed by atoms with Crippen LogP contribution in [0.25, 0.3) is 11.6 Å². The van der Waals surface area contributed by atoms with E-state index in [9.17, 15) is 0 Å². The van der Waals surface area contributed by atoms with Crippen molar-refractivity contribution < 1.29 is 4.74 Å². The Kier molecular flexibility index (Phi) is 7.65. The first-order valence-corrected chi connectivity index (χ1v) is 8.96. The minimum absolute atomic E-state index is 0.138. The molecule has 8 nitrogen and oxygen atoms in total. The molecule has 1 aromatic heterocycles. The van der Waals surface area contributed by atoms with Gasteiger partial charge in [-0.1, -0.05) is 6.92 Å². The molecular formula is C20H29N7O. The van der Waals surface area contributed by atoms with Gasteiger partial charge in [-0.25, -0.2) is 0 Å². The summed E-state index contributed by atoms with van der Waals surface area (Å²) < 4.78 is 5.17. The Morgan fingerprint density at radius 2 is 2.21 bits per heavy atom. The predicted octanol–water partition coefficient (Wildman–Crippen LogP) is 1.36. The molecule has 0 radical (unpaired) electrons. The second-order valence-electron chi connectivity index (χ2n) is 6.41. The number of rotatable bonds is 8. The van der Waals surface area contributed by atoms with Crippen molar-refractivity contribution in [2.75, 3.05) is 26.1 Å². The minimum Gasteiger partial charge on any atom is -0.404 e. The average Bonchev–Trinajstić information content (AvgIpc) is 2.69. The smallest absolute Gasteiger partial charge is 0.117 e. The van der Waals surface area contributed by atoms with Crippen LogP contribution in [-0.2, 0) is 4.74 Å². The molecule has 150 valence electrons.